The zero-order chi connectivity index (χ0) is 18.6. The lowest BCUT2D eigenvalue weighted by atomic mass is 10.0. The van der Waals surface area contributed by atoms with Gasteiger partial charge in [-0.25, -0.2) is 0 Å². The van der Waals surface area contributed by atoms with Crippen molar-refractivity contribution in [3.63, 3.8) is 0 Å². The van der Waals surface area contributed by atoms with E-state index in [1.54, 1.807) is 4.90 Å². The lowest BCUT2D eigenvalue weighted by Gasteiger charge is -2.29. The van der Waals surface area contributed by atoms with E-state index < -0.39 is 11.8 Å². The molecule has 2 aromatic rings. The van der Waals surface area contributed by atoms with Gasteiger partial charge in [0.25, 0.3) is 0 Å². The summed E-state index contributed by atoms with van der Waals surface area (Å²) in [5.74, 6) is -1.08. The van der Waals surface area contributed by atoms with Crippen LogP contribution in [0.1, 0.15) is 31.2 Å². The van der Waals surface area contributed by atoms with E-state index in [1.807, 2.05) is 48.5 Å². The van der Waals surface area contributed by atoms with Crippen LogP contribution in [0.2, 0.25) is 0 Å². The molecular formula is C22H25N3O2. The zero-order valence-electron chi connectivity index (χ0n) is 15.5. The molecule has 0 atom stereocenters. The van der Waals surface area contributed by atoms with Crippen molar-refractivity contribution in [2.45, 2.75) is 32.1 Å². The third-order valence-electron chi connectivity index (χ3n) is 5.40. The van der Waals surface area contributed by atoms with Crippen LogP contribution < -0.4 is 15.1 Å². The fraction of sp³-hybridized carbons (Fsp3) is 0.364. The Kier molecular flexibility index (Phi) is 5.10. The molecular weight excluding hydrogens is 338 g/mol. The van der Waals surface area contributed by atoms with E-state index in [0.717, 1.165) is 37.2 Å². The number of benzene rings is 2. The van der Waals surface area contributed by atoms with Gasteiger partial charge >= 0.3 is 11.8 Å². The summed E-state index contributed by atoms with van der Waals surface area (Å²) in [5.41, 5.74) is 3.79. The molecule has 2 aliphatic heterocycles. The summed E-state index contributed by atoms with van der Waals surface area (Å²) >= 11 is 0. The van der Waals surface area contributed by atoms with Gasteiger partial charge in [-0.3, -0.25) is 9.59 Å². The first-order chi connectivity index (χ1) is 13.2. The highest BCUT2D eigenvalue weighted by Crippen LogP contribution is 2.27. The minimum absolute atomic E-state index is 0.498. The molecule has 2 aliphatic rings. The Labute approximate surface area is 160 Å². The molecule has 0 saturated carbocycles. The second-order valence-electron chi connectivity index (χ2n) is 7.24. The first-order valence-corrected chi connectivity index (χ1v) is 9.78. The average Bonchev–Trinajstić information content (AvgIpc) is 2.74. The summed E-state index contributed by atoms with van der Waals surface area (Å²) in [4.78, 5) is 29.1. The van der Waals surface area contributed by atoms with Crippen molar-refractivity contribution in [1.82, 2.24) is 0 Å². The van der Waals surface area contributed by atoms with Gasteiger partial charge in [0.05, 0.1) is 0 Å². The van der Waals surface area contributed by atoms with E-state index in [1.165, 1.54) is 24.9 Å². The summed E-state index contributed by atoms with van der Waals surface area (Å²) in [6.07, 6.45) is 5.57. The molecule has 2 aromatic carbocycles. The summed E-state index contributed by atoms with van der Waals surface area (Å²) in [6.45, 7) is 2.74. The minimum Gasteiger partial charge on any atom is -0.372 e. The van der Waals surface area contributed by atoms with Gasteiger partial charge < -0.3 is 15.1 Å². The largest absolute Gasteiger partial charge is 0.372 e. The van der Waals surface area contributed by atoms with Gasteiger partial charge in [0.15, 0.2) is 0 Å². The molecule has 140 valence electrons. The molecule has 1 N–H and O–H groups in total. The van der Waals surface area contributed by atoms with Crippen LogP contribution in [0.25, 0.3) is 0 Å². The van der Waals surface area contributed by atoms with Crippen molar-refractivity contribution in [1.29, 1.82) is 0 Å². The Morgan fingerprint density at radius 1 is 0.815 bits per heavy atom. The molecule has 1 fully saturated rings. The Balaban J connectivity index is 1.42. The number of fused-ring (bicyclic) bond motifs is 1. The van der Waals surface area contributed by atoms with Crippen LogP contribution in [0.5, 0.6) is 0 Å². The third kappa shape index (κ3) is 3.82. The third-order valence-corrected chi connectivity index (χ3v) is 5.40. The molecule has 0 aliphatic carbocycles. The molecule has 2 amide bonds. The first kappa shape index (κ1) is 17.6. The number of para-hydroxylation sites is 1. The maximum absolute atomic E-state index is 12.7. The highest BCUT2D eigenvalue weighted by molar-refractivity contribution is 6.44. The van der Waals surface area contributed by atoms with Crippen LogP contribution in [0.3, 0.4) is 0 Å². The van der Waals surface area contributed by atoms with Crippen LogP contribution in [-0.4, -0.2) is 31.4 Å². The second kappa shape index (κ2) is 7.82. The van der Waals surface area contributed by atoms with E-state index in [0.29, 0.717) is 12.2 Å². The summed E-state index contributed by atoms with van der Waals surface area (Å²) in [5, 5.41) is 2.75. The summed E-state index contributed by atoms with van der Waals surface area (Å²) in [7, 11) is 0. The van der Waals surface area contributed by atoms with Gasteiger partial charge in [0.2, 0.25) is 0 Å². The second-order valence-corrected chi connectivity index (χ2v) is 7.24. The maximum Gasteiger partial charge on any atom is 0.316 e. The molecule has 27 heavy (non-hydrogen) atoms. The maximum atomic E-state index is 12.7. The Bertz CT molecular complexity index is 826. The van der Waals surface area contributed by atoms with Crippen molar-refractivity contribution in [3.8, 4) is 0 Å². The number of nitrogens with zero attached hydrogens (tertiary/aromatic N) is 2. The molecule has 0 spiro atoms. The van der Waals surface area contributed by atoms with Crippen LogP contribution in [-0.2, 0) is 16.0 Å². The number of hydrogen-bond donors (Lipinski definition) is 1. The van der Waals surface area contributed by atoms with E-state index in [4.69, 9.17) is 0 Å². The van der Waals surface area contributed by atoms with Crippen molar-refractivity contribution >= 4 is 28.9 Å². The monoisotopic (exact) mass is 363 g/mol. The molecule has 5 nitrogen and oxygen atoms in total. The molecule has 0 radical (unpaired) electrons. The predicted octanol–water partition coefficient (Wildman–Crippen LogP) is 3.59. The number of rotatable bonds is 2. The van der Waals surface area contributed by atoms with Gasteiger partial charge in [-0.1, -0.05) is 18.2 Å². The molecule has 5 heteroatoms. The number of carbonyl (C=O) groups is 2. The van der Waals surface area contributed by atoms with E-state index in [-0.39, 0.29) is 0 Å². The van der Waals surface area contributed by atoms with Crippen LogP contribution in [0.4, 0.5) is 17.1 Å². The summed E-state index contributed by atoms with van der Waals surface area (Å²) in [6, 6.07) is 15.6. The lowest BCUT2D eigenvalue weighted by molar-refractivity contribution is -0.134. The minimum atomic E-state index is -0.586. The number of anilines is 3. The number of aryl methyl sites for hydroxylation is 1. The normalized spacial score (nSPS) is 16.6. The van der Waals surface area contributed by atoms with E-state index >= 15 is 0 Å². The smallest absolute Gasteiger partial charge is 0.316 e. The number of piperidine rings is 1. The molecule has 4 rings (SSSR count). The highest BCUT2D eigenvalue weighted by atomic mass is 16.2. The van der Waals surface area contributed by atoms with Crippen molar-refractivity contribution in [2.75, 3.05) is 34.8 Å². The van der Waals surface area contributed by atoms with Gasteiger partial charge in [-0.15, -0.1) is 0 Å². The van der Waals surface area contributed by atoms with Gasteiger partial charge in [0, 0.05) is 36.7 Å². The number of amides is 2. The average molecular weight is 363 g/mol. The molecule has 0 aromatic heterocycles. The Morgan fingerprint density at radius 2 is 1.56 bits per heavy atom. The van der Waals surface area contributed by atoms with Gasteiger partial charge in [-0.2, -0.15) is 0 Å². The first-order valence-electron chi connectivity index (χ1n) is 9.78. The number of hydrogen-bond acceptors (Lipinski definition) is 3. The van der Waals surface area contributed by atoms with Crippen LogP contribution >= 0.6 is 0 Å². The zero-order valence-corrected chi connectivity index (χ0v) is 15.5. The Hall–Kier alpha value is -2.82. The number of carbonyl (C=O) groups excluding carboxylic acids is 2. The van der Waals surface area contributed by atoms with Crippen LogP contribution in [0, 0.1) is 0 Å². The lowest BCUT2D eigenvalue weighted by Crippen LogP contribution is -2.42. The van der Waals surface area contributed by atoms with Gasteiger partial charge in [0.1, 0.15) is 0 Å². The fourth-order valence-corrected chi connectivity index (χ4v) is 3.96. The van der Waals surface area contributed by atoms with Crippen molar-refractivity contribution in [3.05, 3.63) is 54.1 Å². The van der Waals surface area contributed by atoms with E-state index in [9.17, 15) is 9.59 Å². The number of nitrogens with one attached hydrogen (secondary N) is 1. The topological polar surface area (TPSA) is 52.7 Å². The van der Waals surface area contributed by atoms with Gasteiger partial charge in [-0.05, 0) is 68.0 Å². The Morgan fingerprint density at radius 3 is 2.33 bits per heavy atom. The predicted molar refractivity (Wildman–Crippen MR) is 108 cm³/mol. The standard InChI is InChI=1S/C22H25N3O2/c26-21(22(27)25-16-6-8-17-7-2-3-9-20(17)25)23-18-10-12-19(13-11-18)24-14-4-1-5-15-24/h2-3,7,9-13H,1,4-6,8,14-16H2,(H,23,26). The van der Waals surface area contributed by atoms with Crippen LogP contribution in [0.15, 0.2) is 48.5 Å². The molecule has 1 saturated heterocycles. The molecule has 2 heterocycles. The fourth-order valence-electron chi connectivity index (χ4n) is 3.96. The summed E-state index contributed by atoms with van der Waals surface area (Å²) < 4.78 is 0. The SMILES string of the molecule is O=C(Nc1ccc(N2CCCCC2)cc1)C(=O)N1CCCc2ccccc21. The van der Waals surface area contributed by atoms with E-state index in [2.05, 4.69) is 10.2 Å². The highest BCUT2D eigenvalue weighted by Gasteiger charge is 2.27. The van der Waals surface area contributed by atoms with Crippen molar-refractivity contribution < 1.29 is 9.59 Å². The molecule has 0 unspecified atom stereocenters. The van der Waals surface area contributed by atoms with Crippen molar-refractivity contribution in [2.24, 2.45) is 0 Å². The molecule has 0 bridgehead atoms. The quantitative estimate of drug-likeness (QED) is 0.830.